The van der Waals surface area contributed by atoms with Crippen LogP contribution in [0.25, 0.3) is 0 Å². The molecule has 52 valence electrons. The molecule has 0 rings (SSSR count). The van der Waals surface area contributed by atoms with Crippen molar-refractivity contribution in [2.75, 3.05) is 13.7 Å². The minimum absolute atomic E-state index is 0.122. The third-order valence-corrected chi connectivity index (χ3v) is 1.06. The van der Waals surface area contributed by atoms with Gasteiger partial charge in [-0.15, -0.1) is 0 Å². The van der Waals surface area contributed by atoms with Crippen LogP contribution in [0.3, 0.4) is 0 Å². The summed E-state index contributed by atoms with van der Waals surface area (Å²) in [6, 6.07) is 0. The van der Waals surface area contributed by atoms with Gasteiger partial charge in [0.2, 0.25) is 0 Å². The number of carbonyl (C=O) groups is 1. The number of ether oxygens (including phenoxy) is 1. The Balaban J connectivity index is 3.60. The zero-order chi connectivity index (χ0) is 7.28. The zero-order valence-corrected chi connectivity index (χ0v) is 6.25. The average molecular weight is 147 g/mol. The molecule has 0 heterocycles. The fraction of sp³-hybridized carbons (Fsp3) is 0.600. The molecule has 0 aliphatic heterocycles. The molecule has 0 aromatic rings. The van der Waals surface area contributed by atoms with E-state index in [-0.39, 0.29) is 4.99 Å². The van der Waals surface area contributed by atoms with Crippen LogP contribution in [0, 0.1) is 0 Å². The molecule has 0 amide bonds. The fourth-order valence-corrected chi connectivity index (χ4v) is 0.358. The molecule has 0 aliphatic rings. The predicted molar refractivity (Wildman–Crippen MR) is 38.3 cm³/mol. The van der Waals surface area contributed by atoms with Gasteiger partial charge in [0, 0.05) is 7.05 Å². The normalized spacial score (nSPS) is 8.22. The number of hydrogen-bond donors (Lipinski definition) is 1. The van der Waals surface area contributed by atoms with E-state index in [4.69, 9.17) is 0 Å². The van der Waals surface area contributed by atoms with Crippen LogP contribution in [0.1, 0.15) is 6.92 Å². The van der Waals surface area contributed by atoms with Crippen LogP contribution in [0.5, 0.6) is 0 Å². The summed E-state index contributed by atoms with van der Waals surface area (Å²) in [5.74, 6) is -0.463. The van der Waals surface area contributed by atoms with E-state index in [0.717, 1.165) is 0 Å². The van der Waals surface area contributed by atoms with Crippen molar-refractivity contribution in [1.82, 2.24) is 5.32 Å². The molecule has 0 saturated carbocycles. The molecular formula is C5H9NO2S. The summed E-state index contributed by atoms with van der Waals surface area (Å²) in [6.07, 6.45) is 0. The Morgan fingerprint density at radius 1 is 1.78 bits per heavy atom. The number of esters is 1. The molecule has 1 N–H and O–H groups in total. The molecule has 0 saturated heterocycles. The molecule has 0 fully saturated rings. The van der Waals surface area contributed by atoms with Crippen LogP contribution in [0.2, 0.25) is 0 Å². The van der Waals surface area contributed by atoms with E-state index < -0.39 is 5.97 Å². The summed E-state index contributed by atoms with van der Waals surface area (Å²) in [5.41, 5.74) is 0. The van der Waals surface area contributed by atoms with Crippen molar-refractivity contribution in [3.8, 4) is 0 Å². The SMILES string of the molecule is CCOC(=O)C(=S)NC. The van der Waals surface area contributed by atoms with Gasteiger partial charge in [-0.3, -0.25) is 0 Å². The topological polar surface area (TPSA) is 38.3 Å². The molecule has 0 unspecified atom stereocenters. The zero-order valence-electron chi connectivity index (χ0n) is 5.43. The Hall–Kier alpha value is -0.640. The van der Waals surface area contributed by atoms with Crippen molar-refractivity contribution < 1.29 is 9.53 Å². The summed E-state index contributed by atoms with van der Waals surface area (Å²) in [5, 5.41) is 2.51. The van der Waals surface area contributed by atoms with Gasteiger partial charge in [0.05, 0.1) is 6.61 Å². The molecule has 0 aromatic heterocycles. The highest BCUT2D eigenvalue weighted by Gasteiger charge is 2.05. The van der Waals surface area contributed by atoms with Gasteiger partial charge in [-0.2, -0.15) is 0 Å². The predicted octanol–water partition coefficient (Wildman–Crippen LogP) is 0.0963. The maximum Gasteiger partial charge on any atom is 0.365 e. The van der Waals surface area contributed by atoms with Gasteiger partial charge in [-0.25, -0.2) is 4.79 Å². The van der Waals surface area contributed by atoms with Gasteiger partial charge in [0.25, 0.3) is 0 Å². The van der Waals surface area contributed by atoms with E-state index in [1.807, 2.05) is 0 Å². The highest BCUT2D eigenvalue weighted by Crippen LogP contribution is 1.78. The van der Waals surface area contributed by atoms with Crippen LogP contribution in [-0.2, 0) is 9.53 Å². The largest absolute Gasteiger partial charge is 0.461 e. The number of nitrogens with one attached hydrogen (secondary N) is 1. The summed E-state index contributed by atoms with van der Waals surface area (Å²) in [7, 11) is 1.58. The second-order valence-corrected chi connectivity index (χ2v) is 1.71. The third kappa shape index (κ3) is 3.03. The number of likely N-dealkylation sites (N-methyl/N-ethyl adjacent to an activating group) is 1. The minimum Gasteiger partial charge on any atom is -0.461 e. The lowest BCUT2D eigenvalue weighted by Gasteiger charge is -2.00. The Kier molecular flexibility index (Phi) is 3.96. The molecular weight excluding hydrogens is 138 g/mol. The lowest BCUT2D eigenvalue weighted by Crippen LogP contribution is -2.27. The first-order chi connectivity index (χ1) is 4.22. The Morgan fingerprint density at radius 2 is 2.33 bits per heavy atom. The summed E-state index contributed by atoms with van der Waals surface area (Å²) in [6.45, 7) is 2.09. The summed E-state index contributed by atoms with van der Waals surface area (Å²) >= 11 is 4.56. The lowest BCUT2D eigenvalue weighted by atomic mass is 10.6. The monoisotopic (exact) mass is 147 g/mol. The molecule has 9 heavy (non-hydrogen) atoms. The molecule has 0 spiro atoms. The second kappa shape index (κ2) is 4.26. The van der Waals surface area contributed by atoms with Gasteiger partial charge in [-0.05, 0) is 6.92 Å². The maximum absolute atomic E-state index is 10.5. The summed E-state index contributed by atoms with van der Waals surface area (Å²) in [4.78, 5) is 10.7. The van der Waals surface area contributed by atoms with Crippen molar-refractivity contribution >= 4 is 23.2 Å². The smallest absolute Gasteiger partial charge is 0.365 e. The van der Waals surface area contributed by atoms with Crippen molar-refractivity contribution in [1.29, 1.82) is 0 Å². The quantitative estimate of drug-likeness (QED) is 0.421. The minimum atomic E-state index is -0.463. The molecule has 0 radical (unpaired) electrons. The molecule has 0 aromatic carbocycles. The van der Waals surface area contributed by atoms with E-state index >= 15 is 0 Å². The van der Waals surface area contributed by atoms with Gasteiger partial charge in [-0.1, -0.05) is 12.2 Å². The lowest BCUT2D eigenvalue weighted by molar-refractivity contribution is -0.135. The first-order valence-electron chi connectivity index (χ1n) is 2.61. The van der Waals surface area contributed by atoms with Crippen molar-refractivity contribution in [2.45, 2.75) is 6.92 Å². The molecule has 0 atom stereocenters. The molecule has 4 heteroatoms. The molecule has 0 bridgehead atoms. The fourth-order valence-electron chi connectivity index (χ4n) is 0.299. The molecule has 3 nitrogen and oxygen atoms in total. The average Bonchev–Trinajstić information content (AvgIpc) is 1.87. The highest BCUT2D eigenvalue weighted by atomic mass is 32.1. The number of hydrogen-bond acceptors (Lipinski definition) is 3. The first kappa shape index (κ1) is 8.36. The van der Waals surface area contributed by atoms with Gasteiger partial charge in [0.1, 0.15) is 0 Å². The standard InChI is InChI=1S/C5H9NO2S/c1-3-8-5(7)4(9)6-2/h3H2,1-2H3,(H,6,9). The van der Waals surface area contributed by atoms with Crippen LogP contribution >= 0.6 is 12.2 Å². The number of thiocarbonyl (C=S) groups is 1. The van der Waals surface area contributed by atoms with Crippen LogP contribution in [0.4, 0.5) is 0 Å². The number of carbonyl (C=O) groups excluding carboxylic acids is 1. The third-order valence-electron chi connectivity index (χ3n) is 0.688. The maximum atomic E-state index is 10.5. The first-order valence-corrected chi connectivity index (χ1v) is 3.02. The van der Waals surface area contributed by atoms with Crippen LogP contribution in [-0.4, -0.2) is 24.6 Å². The van der Waals surface area contributed by atoms with E-state index in [9.17, 15) is 4.79 Å². The van der Waals surface area contributed by atoms with Crippen molar-refractivity contribution in [3.63, 3.8) is 0 Å². The second-order valence-electron chi connectivity index (χ2n) is 1.30. The van der Waals surface area contributed by atoms with Crippen molar-refractivity contribution in [2.24, 2.45) is 0 Å². The van der Waals surface area contributed by atoms with Gasteiger partial charge in [0.15, 0.2) is 4.99 Å². The van der Waals surface area contributed by atoms with E-state index in [1.54, 1.807) is 14.0 Å². The van der Waals surface area contributed by atoms with E-state index in [2.05, 4.69) is 22.3 Å². The summed E-state index contributed by atoms with van der Waals surface area (Å²) < 4.78 is 4.55. The van der Waals surface area contributed by atoms with Crippen LogP contribution < -0.4 is 5.32 Å². The van der Waals surface area contributed by atoms with E-state index in [1.165, 1.54) is 0 Å². The Morgan fingerprint density at radius 3 is 2.67 bits per heavy atom. The van der Waals surface area contributed by atoms with E-state index in [0.29, 0.717) is 6.61 Å². The number of rotatable bonds is 1. The van der Waals surface area contributed by atoms with Gasteiger partial charge < -0.3 is 10.1 Å². The van der Waals surface area contributed by atoms with Crippen molar-refractivity contribution in [3.05, 3.63) is 0 Å². The Labute approximate surface area is 59.4 Å². The Bertz CT molecular complexity index is 124. The van der Waals surface area contributed by atoms with Gasteiger partial charge >= 0.3 is 5.97 Å². The van der Waals surface area contributed by atoms with Crippen LogP contribution in [0.15, 0.2) is 0 Å². The molecule has 0 aliphatic carbocycles. The highest BCUT2D eigenvalue weighted by molar-refractivity contribution is 7.81.